The molecule has 1 saturated heterocycles. The molecule has 1 aromatic rings. The van der Waals surface area contributed by atoms with Crippen LogP contribution < -0.4 is 4.74 Å². The van der Waals surface area contributed by atoms with Crippen molar-refractivity contribution in [3.8, 4) is 11.5 Å². The first-order valence-electron chi connectivity index (χ1n) is 6.97. The van der Waals surface area contributed by atoms with Gasteiger partial charge in [-0.3, -0.25) is 4.90 Å². The van der Waals surface area contributed by atoms with Crippen LogP contribution in [0.3, 0.4) is 0 Å². The van der Waals surface area contributed by atoms with E-state index in [0.29, 0.717) is 11.8 Å². The van der Waals surface area contributed by atoms with Crippen LogP contribution in [-0.4, -0.2) is 29.7 Å². The second kappa shape index (κ2) is 4.81. The van der Waals surface area contributed by atoms with Crippen LogP contribution in [0.1, 0.15) is 37.8 Å². The van der Waals surface area contributed by atoms with E-state index in [1.807, 2.05) is 6.07 Å². The summed E-state index contributed by atoms with van der Waals surface area (Å²) in [7, 11) is 0. The highest BCUT2D eigenvalue weighted by Crippen LogP contribution is 2.39. The highest BCUT2D eigenvalue weighted by Gasteiger charge is 2.31. The Morgan fingerprint density at radius 1 is 1.33 bits per heavy atom. The summed E-state index contributed by atoms with van der Waals surface area (Å²) in [6, 6.07) is 5.89. The Hall–Kier alpha value is -1.22. The third kappa shape index (κ3) is 2.07. The zero-order valence-electron chi connectivity index (χ0n) is 10.9. The summed E-state index contributed by atoms with van der Waals surface area (Å²) in [6.45, 7) is 5.37. The van der Waals surface area contributed by atoms with E-state index in [2.05, 4.69) is 11.8 Å². The maximum atomic E-state index is 9.47. The number of aromatic hydroxyl groups is 1. The Balaban J connectivity index is 1.73. The van der Waals surface area contributed by atoms with Gasteiger partial charge in [0.15, 0.2) is 0 Å². The summed E-state index contributed by atoms with van der Waals surface area (Å²) in [5, 5.41) is 9.47. The highest BCUT2D eigenvalue weighted by molar-refractivity contribution is 5.44. The van der Waals surface area contributed by atoms with E-state index in [-0.39, 0.29) is 0 Å². The second-order valence-corrected chi connectivity index (χ2v) is 5.44. The number of hydrogen-bond donors (Lipinski definition) is 1. The molecule has 0 aliphatic carbocycles. The zero-order valence-corrected chi connectivity index (χ0v) is 10.9. The minimum absolute atomic E-state index is 0.291. The minimum atomic E-state index is 0.291. The van der Waals surface area contributed by atoms with Gasteiger partial charge >= 0.3 is 0 Å². The third-order valence-electron chi connectivity index (χ3n) is 4.42. The molecule has 3 nitrogen and oxygen atoms in total. The zero-order chi connectivity index (χ0) is 12.5. The quantitative estimate of drug-likeness (QED) is 0.872. The van der Waals surface area contributed by atoms with Crippen molar-refractivity contribution < 1.29 is 9.84 Å². The molecule has 2 aliphatic heterocycles. The molecule has 0 aromatic heterocycles. The molecule has 0 amide bonds. The smallest absolute Gasteiger partial charge is 0.127 e. The maximum Gasteiger partial charge on any atom is 0.127 e. The molecule has 3 heteroatoms. The molecule has 1 aromatic carbocycles. The molecule has 0 radical (unpaired) electrons. The minimum Gasteiger partial charge on any atom is -0.508 e. The van der Waals surface area contributed by atoms with E-state index in [1.54, 1.807) is 12.1 Å². The largest absolute Gasteiger partial charge is 0.508 e. The molecule has 98 valence electrons. The predicted octanol–water partition coefficient (Wildman–Crippen LogP) is 2.95. The molecule has 1 unspecified atom stereocenters. The molecule has 1 N–H and O–H groups in total. The number of phenolic OH excluding ortho intramolecular Hbond substituents is 1. The van der Waals surface area contributed by atoms with Gasteiger partial charge in [-0.25, -0.2) is 0 Å². The summed E-state index contributed by atoms with van der Waals surface area (Å²) in [5.41, 5.74) is 1.24. The fraction of sp³-hybridized carbons (Fsp3) is 0.600. The summed E-state index contributed by atoms with van der Waals surface area (Å²) >= 11 is 0. The van der Waals surface area contributed by atoms with Gasteiger partial charge < -0.3 is 9.84 Å². The number of hydrogen-bond acceptors (Lipinski definition) is 3. The molecule has 1 atom stereocenters. The Morgan fingerprint density at radius 2 is 2.11 bits per heavy atom. The molecule has 3 rings (SSSR count). The highest BCUT2D eigenvalue weighted by atomic mass is 16.5. The summed E-state index contributed by atoms with van der Waals surface area (Å²) in [5.74, 6) is 2.06. The number of phenols is 1. The van der Waals surface area contributed by atoms with Crippen LogP contribution in [0.4, 0.5) is 0 Å². The lowest BCUT2D eigenvalue weighted by atomic mass is 9.93. The second-order valence-electron chi connectivity index (χ2n) is 5.44. The lowest BCUT2D eigenvalue weighted by Crippen LogP contribution is -2.37. The van der Waals surface area contributed by atoms with Crippen molar-refractivity contribution in [2.24, 2.45) is 5.92 Å². The van der Waals surface area contributed by atoms with Crippen LogP contribution in [0, 0.1) is 5.92 Å². The number of piperidine rings is 1. The summed E-state index contributed by atoms with van der Waals surface area (Å²) < 4.78 is 5.70. The number of likely N-dealkylation sites (tertiary alicyclic amines) is 1. The molecule has 0 bridgehead atoms. The van der Waals surface area contributed by atoms with Gasteiger partial charge in [0.2, 0.25) is 0 Å². The van der Waals surface area contributed by atoms with E-state index >= 15 is 0 Å². The van der Waals surface area contributed by atoms with Crippen molar-refractivity contribution in [2.75, 3.05) is 19.7 Å². The molecule has 0 saturated carbocycles. The maximum absolute atomic E-state index is 9.47. The lowest BCUT2D eigenvalue weighted by molar-refractivity contribution is 0.113. The van der Waals surface area contributed by atoms with Crippen molar-refractivity contribution >= 4 is 0 Å². The molecular formula is C15H21NO2. The van der Waals surface area contributed by atoms with Gasteiger partial charge in [0.05, 0.1) is 6.04 Å². The van der Waals surface area contributed by atoms with Crippen molar-refractivity contribution in [1.29, 1.82) is 0 Å². The number of fused-ring (bicyclic) bond motifs is 1. The molecule has 18 heavy (non-hydrogen) atoms. The Kier molecular flexibility index (Phi) is 3.16. The van der Waals surface area contributed by atoms with E-state index in [1.165, 1.54) is 37.9 Å². The van der Waals surface area contributed by atoms with E-state index < -0.39 is 0 Å². The van der Waals surface area contributed by atoms with Crippen molar-refractivity contribution in [3.05, 3.63) is 23.8 Å². The fourth-order valence-electron chi connectivity index (χ4n) is 3.16. The van der Waals surface area contributed by atoms with Crippen LogP contribution >= 0.6 is 0 Å². The van der Waals surface area contributed by atoms with Crippen molar-refractivity contribution in [1.82, 2.24) is 4.90 Å². The summed E-state index contributed by atoms with van der Waals surface area (Å²) in [6.07, 6.45) is 3.92. The SMILES string of the molecule is CCC1CCN(C2COc3cc(O)ccc32)CC1. The van der Waals surface area contributed by atoms with Crippen LogP contribution in [0.25, 0.3) is 0 Å². The average Bonchev–Trinajstić information content (AvgIpc) is 2.81. The first-order valence-corrected chi connectivity index (χ1v) is 6.97. The van der Waals surface area contributed by atoms with Gasteiger partial charge in [-0.15, -0.1) is 0 Å². The standard InChI is InChI=1S/C15H21NO2/c1-2-11-5-7-16(8-6-11)14-10-18-15-9-12(17)3-4-13(14)15/h3-4,9,11,14,17H,2,5-8,10H2,1H3. The van der Waals surface area contributed by atoms with Crippen LogP contribution in [0.15, 0.2) is 18.2 Å². The van der Waals surface area contributed by atoms with Crippen LogP contribution in [0.2, 0.25) is 0 Å². The van der Waals surface area contributed by atoms with Gasteiger partial charge in [0, 0.05) is 11.6 Å². The Labute approximate surface area is 108 Å². The number of benzene rings is 1. The van der Waals surface area contributed by atoms with Gasteiger partial charge in [0.25, 0.3) is 0 Å². The third-order valence-corrected chi connectivity index (χ3v) is 4.42. The van der Waals surface area contributed by atoms with Crippen molar-refractivity contribution in [2.45, 2.75) is 32.2 Å². The van der Waals surface area contributed by atoms with E-state index in [0.717, 1.165) is 18.3 Å². The van der Waals surface area contributed by atoms with Gasteiger partial charge in [0.1, 0.15) is 18.1 Å². The number of rotatable bonds is 2. The average molecular weight is 247 g/mol. The lowest BCUT2D eigenvalue weighted by Gasteiger charge is -2.35. The van der Waals surface area contributed by atoms with Crippen LogP contribution in [-0.2, 0) is 0 Å². The normalized spacial score (nSPS) is 24.8. The Bertz CT molecular complexity index is 425. The van der Waals surface area contributed by atoms with Gasteiger partial charge in [-0.2, -0.15) is 0 Å². The summed E-state index contributed by atoms with van der Waals surface area (Å²) in [4.78, 5) is 2.54. The monoisotopic (exact) mass is 247 g/mol. The predicted molar refractivity (Wildman–Crippen MR) is 70.9 cm³/mol. The molecular weight excluding hydrogens is 226 g/mol. The topological polar surface area (TPSA) is 32.7 Å². The van der Waals surface area contributed by atoms with Crippen LogP contribution in [0.5, 0.6) is 11.5 Å². The van der Waals surface area contributed by atoms with Crippen molar-refractivity contribution in [3.63, 3.8) is 0 Å². The first kappa shape index (κ1) is 11.8. The number of ether oxygens (including phenoxy) is 1. The molecule has 0 spiro atoms. The Morgan fingerprint density at radius 3 is 2.83 bits per heavy atom. The fourth-order valence-corrected chi connectivity index (χ4v) is 3.16. The molecule has 2 heterocycles. The van der Waals surface area contributed by atoms with Gasteiger partial charge in [-0.1, -0.05) is 13.3 Å². The first-order chi connectivity index (χ1) is 8.78. The number of nitrogens with zero attached hydrogens (tertiary/aromatic N) is 1. The van der Waals surface area contributed by atoms with E-state index in [4.69, 9.17) is 4.74 Å². The van der Waals surface area contributed by atoms with Gasteiger partial charge in [-0.05, 0) is 44.0 Å². The molecule has 2 aliphatic rings. The van der Waals surface area contributed by atoms with E-state index in [9.17, 15) is 5.11 Å². The molecule has 1 fully saturated rings.